The standard InChI is InChI=1S/C29H31ClFN5O5/c1-29(2)16-40-27(38)15-36(29)9-3-4-26(37)35-24-13-20-23(14-25(24)41-19-7-10-39-11-8-19)32-17-33-28(20)34-18-5-6-22(31)21(30)12-18/h3-6,12-14,17,19H,7-11,15-16H2,1-2H3,(H,35,37)(H,32,33,34)/b4-3+. The van der Waals surface area contributed by atoms with Crippen molar-refractivity contribution in [2.75, 3.05) is 43.5 Å². The van der Waals surface area contributed by atoms with Gasteiger partial charge >= 0.3 is 5.97 Å². The maximum atomic E-state index is 13.7. The van der Waals surface area contributed by atoms with Gasteiger partial charge in [-0.15, -0.1) is 0 Å². The van der Waals surface area contributed by atoms with Crippen LogP contribution in [0, 0.1) is 5.82 Å². The van der Waals surface area contributed by atoms with E-state index >= 15 is 0 Å². The van der Waals surface area contributed by atoms with Gasteiger partial charge in [-0.25, -0.2) is 14.4 Å². The van der Waals surface area contributed by atoms with E-state index < -0.39 is 5.82 Å². The smallest absolute Gasteiger partial charge is 0.320 e. The van der Waals surface area contributed by atoms with Crippen LogP contribution in [0.5, 0.6) is 5.75 Å². The molecule has 2 fully saturated rings. The number of rotatable bonds is 8. The van der Waals surface area contributed by atoms with Gasteiger partial charge in [-0.2, -0.15) is 0 Å². The summed E-state index contributed by atoms with van der Waals surface area (Å²) in [5, 5.41) is 6.66. The average Bonchev–Trinajstić information content (AvgIpc) is 2.94. The second-order valence-corrected chi connectivity index (χ2v) is 10.9. The number of aromatic nitrogens is 2. The number of carbonyl (C=O) groups excluding carboxylic acids is 2. The number of hydrogen-bond donors (Lipinski definition) is 2. The number of halogens is 2. The topological polar surface area (TPSA) is 115 Å². The van der Waals surface area contributed by atoms with E-state index in [4.69, 9.17) is 25.8 Å². The summed E-state index contributed by atoms with van der Waals surface area (Å²) in [6.45, 7) is 6.01. The molecule has 10 nitrogen and oxygen atoms in total. The molecule has 41 heavy (non-hydrogen) atoms. The summed E-state index contributed by atoms with van der Waals surface area (Å²) in [6, 6.07) is 7.78. The molecule has 0 spiro atoms. The number of ether oxygens (including phenoxy) is 3. The third kappa shape index (κ3) is 7.10. The number of hydrogen-bond acceptors (Lipinski definition) is 9. The molecule has 2 aromatic carbocycles. The summed E-state index contributed by atoms with van der Waals surface area (Å²) < 4.78 is 30.6. The molecule has 2 saturated heterocycles. The molecule has 0 saturated carbocycles. The molecule has 3 heterocycles. The molecule has 1 amide bonds. The Morgan fingerprint density at radius 2 is 2.05 bits per heavy atom. The van der Waals surface area contributed by atoms with Gasteiger partial charge in [0.2, 0.25) is 5.91 Å². The highest BCUT2D eigenvalue weighted by Gasteiger charge is 2.34. The van der Waals surface area contributed by atoms with Gasteiger partial charge in [0.25, 0.3) is 0 Å². The number of morpholine rings is 1. The van der Waals surface area contributed by atoms with Gasteiger partial charge in [-0.05, 0) is 38.1 Å². The van der Waals surface area contributed by atoms with Crippen molar-refractivity contribution in [1.82, 2.24) is 14.9 Å². The molecule has 12 heteroatoms. The number of esters is 1. The first kappa shape index (κ1) is 28.7. The fourth-order valence-corrected chi connectivity index (χ4v) is 4.78. The number of fused-ring (bicyclic) bond motifs is 1. The minimum absolute atomic E-state index is 0.0231. The second kappa shape index (κ2) is 12.4. The van der Waals surface area contributed by atoms with E-state index in [1.807, 2.05) is 18.7 Å². The number of cyclic esters (lactones) is 1. The first-order chi connectivity index (χ1) is 19.7. The molecule has 1 aromatic heterocycles. The highest BCUT2D eigenvalue weighted by Crippen LogP contribution is 2.35. The van der Waals surface area contributed by atoms with Gasteiger partial charge < -0.3 is 24.8 Å². The largest absolute Gasteiger partial charge is 0.488 e. The number of nitrogens with one attached hydrogen (secondary N) is 2. The van der Waals surface area contributed by atoms with Gasteiger partial charge in [0.05, 0.1) is 41.5 Å². The Kier molecular flexibility index (Phi) is 8.67. The molecular weight excluding hydrogens is 553 g/mol. The zero-order valence-corrected chi connectivity index (χ0v) is 23.5. The van der Waals surface area contributed by atoms with Crippen LogP contribution in [0.4, 0.5) is 21.6 Å². The van der Waals surface area contributed by atoms with Crippen molar-refractivity contribution in [2.24, 2.45) is 0 Å². The highest BCUT2D eigenvalue weighted by molar-refractivity contribution is 6.31. The first-order valence-corrected chi connectivity index (χ1v) is 13.7. The third-order valence-electron chi connectivity index (χ3n) is 7.00. The lowest BCUT2D eigenvalue weighted by atomic mass is 10.0. The van der Waals surface area contributed by atoms with Crippen LogP contribution < -0.4 is 15.4 Å². The normalized spacial score (nSPS) is 17.9. The van der Waals surface area contributed by atoms with Crippen LogP contribution in [0.1, 0.15) is 26.7 Å². The lowest BCUT2D eigenvalue weighted by Crippen LogP contribution is -2.54. The van der Waals surface area contributed by atoms with Crippen LogP contribution in [0.3, 0.4) is 0 Å². The summed E-state index contributed by atoms with van der Waals surface area (Å²) in [5.41, 5.74) is 1.23. The predicted octanol–water partition coefficient (Wildman–Crippen LogP) is 4.86. The predicted molar refractivity (Wildman–Crippen MR) is 153 cm³/mol. The Bertz CT molecular complexity index is 1480. The Balaban J connectivity index is 1.40. The lowest BCUT2D eigenvalue weighted by Gasteiger charge is -2.40. The number of nitrogens with zero attached hydrogens (tertiary/aromatic N) is 3. The zero-order chi connectivity index (χ0) is 29.0. The third-order valence-corrected chi connectivity index (χ3v) is 7.29. The van der Waals surface area contributed by atoms with Crippen molar-refractivity contribution < 1.29 is 28.2 Å². The molecule has 0 unspecified atom stereocenters. The van der Waals surface area contributed by atoms with Gasteiger partial charge in [0.15, 0.2) is 0 Å². The van der Waals surface area contributed by atoms with Crippen LogP contribution in [-0.4, -0.2) is 71.3 Å². The SMILES string of the molecule is CC1(C)COC(=O)CN1C/C=C/C(=O)Nc1cc2c(Nc3ccc(F)c(Cl)c3)ncnc2cc1OC1CCOCC1. The number of benzene rings is 2. The molecule has 2 aliphatic rings. The van der Waals surface area contributed by atoms with Gasteiger partial charge in [0, 0.05) is 42.6 Å². The van der Waals surface area contributed by atoms with E-state index in [0.717, 1.165) is 12.8 Å². The van der Waals surface area contributed by atoms with E-state index in [0.29, 0.717) is 60.2 Å². The fraction of sp³-hybridized carbons (Fsp3) is 0.379. The molecule has 0 radical (unpaired) electrons. The van der Waals surface area contributed by atoms with Gasteiger partial charge in [0.1, 0.15) is 36.4 Å². The second-order valence-electron chi connectivity index (χ2n) is 10.5. The monoisotopic (exact) mass is 583 g/mol. The van der Waals surface area contributed by atoms with Crippen molar-refractivity contribution >= 4 is 51.6 Å². The Morgan fingerprint density at radius 3 is 2.83 bits per heavy atom. The van der Waals surface area contributed by atoms with Crippen molar-refractivity contribution in [2.45, 2.75) is 38.3 Å². The fourth-order valence-electron chi connectivity index (χ4n) is 4.60. The summed E-state index contributed by atoms with van der Waals surface area (Å²) >= 11 is 5.96. The van der Waals surface area contributed by atoms with E-state index in [1.54, 1.807) is 24.3 Å². The van der Waals surface area contributed by atoms with Crippen molar-refractivity contribution in [3.63, 3.8) is 0 Å². The minimum atomic E-state index is -0.526. The van der Waals surface area contributed by atoms with E-state index in [-0.39, 0.29) is 35.1 Å². The summed E-state index contributed by atoms with van der Waals surface area (Å²) in [5.74, 6) is -0.263. The Labute approximate surface area is 241 Å². The van der Waals surface area contributed by atoms with Crippen LogP contribution in [-0.2, 0) is 19.1 Å². The lowest BCUT2D eigenvalue weighted by molar-refractivity contribution is -0.159. The highest BCUT2D eigenvalue weighted by atomic mass is 35.5. The van der Waals surface area contributed by atoms with Crippen molar-refractivity contribution in [3.05, 3.63) is 59.7 Å². The van der Waals surface area contributed by atoms with Crippen LogP contribution in [0.2, 0.25) is 5.02 Å². The number of anilines is 3. The summed E-state index contributed by atoms with van der Waals surface area (Å²) in [4.78, 5) is 35.5. The molecule has 2 aliphatic heterocycles. The van der Waals surface area contributed by atoms with E-state index in [9.17, 15) is 14.0 Å². The van der Waals surface area contributed by atoms with Crippen LogP contribution in [0.15, 0.2) is 48.8 Å². The van der Waals surface area contributed by atoms with E-state index in [2.05, 4.69) is 20.6 Å². The van der Waals surface area contributed by atoms with Gasteiger partial charge in [-0.3, -0.25) is 14.5 Å². The molecule has 5 rings (SSSR count). The maximum absolute atomic E-state index is 13.7. The van der Waals surface area contributed by atoms with Crippen LogP contribution >= 0.6 is 11.6 Å². The number of amides is 1. The summed E-state index contributed by atoms with van der Waals surface area (Å²) in [6.07, 6.45) is 5.92. The van der Waals surface area contributed by atoms with Crippen molar-refractivity contribution in [3.8, 4) is 5.75 Å². The molecule has 3 aromatic rings. The molecule has 2 N–H and O–H groups in total. The Hall–Kier alpha value is -3.80. The quantitative estimate of drug-likeness (QED) is 0.283. The first-order valence-electron chi connectivity index (χ1n) is 13.3. The van der Waals surface area contributed by atoms with Crippen LogP contribution in [0.25, 0.3) is 10.9 Å². The zero-order valence-electron chi connectivity index (χ0n) is 22.8. The number of carbonyl (C=O) groups is 2. The maximum Gasteiger partial charge on any atom is 0.320 e. The van der Waals surface area contributed by atoms with E-state index in [1.165, 1.54) is 24.5 Å². The summed E-state index contributed by atoms with van der Waals surface area (Å²) in [7, 11) is 0. The average molecular weight is 584 g/mol. The molecule has 0 bridgehead atoms. The van der Waals surface area contributed by atoms with Gasteiger partial charge in [-0.1, -0.05) is 17.7 Å². The Morgan fingerprint density at radius 1 is 1.24 bits per heavy atom. The van der Waals surface area contributed by atoms with Crippen molar-refractivity contribution in [1.29, 1.82) is 0 Å². The molecule has 0 aliphatic carbocycles. The molecule has 216 valence electrons. The molecular formula is C29H31ClFN5O5. The molecule has 0 atom stereocenters. The minimum Gasteiger partial charge on any atom is -0.488 e.